The maximum atomic E-state index is 10.3. The van der Waals surface area contributed by atoms with Crippen LogP contribution in [0.1, 0.15) is 52.5 Å². The second-order valence-electron chi connectivity index (χ2n) is 7.72. The number of rotatable bonds is 5. The predicted molar refractivity (Wildman–Crippen MR) is 90.7 cm³/mol. The quantitative estimate of drug-likeness (QED) is 0.874. The number of piperidine rings is 1. The molecule has 0 bridgehead atoms. The van der Waals surface area contributed by atoms with Crippen LogP contribution in [0.3, 0.4) is 0 Å². The van der Waals surface area contributed by atoms with E-state index in [4.69, 9.17) is 4.74 Å². The molecular weight excluding hydrogens is 274 g/mol. The summed E-state index contributed by atoms with van der Waals surface area (Å²) in [6.07, 6.45) is 3.48. The van der Waals surface area contributed by atoms with Gasteiger partial charge >= 0.3 is 0 Å². The van der Waals surface area contributed by atoms with E-state index in [-0.39, 0.29) is 5.41 Å². The predicted octanol–water partition coefficient (Wildman–Crippen LogP) is 2.18. The van der Waals surface area contributed by atoms with Gasteiger partial charge in [-0.3, -0.25) is 0 Å². The van der Waals surface area contributed by atoms with Crippen LogP contribution >= 0.6 is 0 Å². The molecule has 1 aromatic rings. The van der Waals surface area contributed by atoms with Gasteiger partial charge in [-0.05, 0) is 43.2 Å². The van der Waals surface area contributed by atoms with E-state index in [9.17, 15) is 5.11 Å². The summed E-state index contributed by atoms with van der Waals surface area (Å²) < 4.78 is 5.94. The van der Waals surface area contributed by atoms with Crippen molar-refractivity contribution in [3.05, 3.63) is 29.8 Å². The largest absolute Gasteiger partial charge is 0.490 e. The van der Waals surface area contributed by atoms with Crippen LogP contribution in [0.15, 0.2) is 24.3 Å². The first-order valence-corrected chi connectivity index (χ1v) is 8.63. The standard InChI is InChI=1S/C19H31NO2/c1-15-9-7-8-12-20(15)13-16(21)14-22-18-11-6-5-10-17(18)19(2,3)4/h5-6,10-11,15-16,21H,7-9,12-14H2,1-4H3/p+1/t15-,16+/m1/s1. The molecule has 0 radical (unpaired) electrons. The van der Waals surface area contributed by atoms with Gasteiger partial charge in [-0.1, -0.05) is 39.0 Å². The van der Waals surface area contributed by atoms with Gasteiger partial charge < -0.3 is 14.7 Å². The van der Waals surface area contributed by atoms with E-state index in [0.29, 0.717) is 12.6 Å². The van der Waals surface area contributed by atoms with Gasteiger partial charge in [0.05, 0.1) is 12.6 Å². The molecule has 0 saturated carbocycles. The summed E-state index contributed by atoms with van der Waals surface area (Å²) in [6.45, 7) is 11.2. The molecule has 1 aliphatic rings. The minimum Gasteiger partial charge on any atom is -0.490 e. The van der Waals surface area contributed by atoms with Crippen LogP contribution < -0.4 is 9.64 Å². The summed E-state index contributed by atoms with van der Waals surface area (Å²) >= 11 is 0. The molecule has 0 amide bonds. The molecule has 2 rings (SSSR count). The first-order valence-electron chi connectivity index (χ1n) is 8.63. The molecule has 1 fully saturated rings. The molecule has 124 valence electrons. The Hall–Kier alpha value is -1.06. The number of nitrogens with one attached hydrogen (secondary N) is 1. The average molecular weight is 306 g/mol. The molecular formula is C19H32NO2+. The van der Waals surface area contributed by atoms with Crippen molar-refractivity contribution in [3.8, 4) is 5.75 Å². The van der Waals surface area contributed by atoms with Crippen molar-refractivity contribution in [2.75, 3.05) is 19.7 Å². The zero-order chi connectivity index (χ0) is 16.2. The third kappa shape index (κ3) is 4.72. The number of benzene rings is 1. The van der Waals surface area contributed by atoms with Crippen LogP contribution in [0.2, 0.25) is 0 Å². The van der Waals surface area contributed by atoms with Crippen molar-refractivity contribution in [2.24, 2.45) is 0 Å². The van der Waals surface area contributed by atoms with Gasteiger partial charge in [0, 0.05) is 0 Å². The number of ether oxygens (including phenoxy) is 1. The van der Waals surface area contributed by atoms with Crippen molar-refractivity contribution >= 4 is 0 Å². The van der Waals surface area contributed by atoms with Gasteiger partial charge in [-0.2, -0.15) is 0 Å². The normalized spacial score (nSPS) is 24.0. The number of hydrogen-bond acceptors (Lipinski definition) is 2. The molecule has 22 heavy (non-hydrogen) atoms. The summed E-state index contributed by atoms with van der Waals surface area (Å²) in [5.41, 5.74) is 1.25. The maximum absolute atomic E-state index is 10.3. The average Bonchev–Trinajstić information content (AvgIpc) is 2.47. The number of quaternary nitrogens is 1. The Bertz CT molecular complexity index is 467. The molecule has 3 nitrogen and oxygen atoms in total. The Morgan fingerprint density at radius 2 is 2.00 bits per heavy atom. The van der Waals surface area contributed by atoms with Crippen LogP contribution in [-0.2, 0) is 5.41 Å². The molecule has 2 N–H and O–H groups in total. The molecule has 1 saturated heterocycles. The summed E-state index contributed by atoms with van der Waals surface area (Å²) in [6, 6.07) is 8.81. The zero-order valence-electron chi connectivity index (χ0n) is 14.6. The van der Waals surface area contributed by atoms with Gasteiger partial charge in [0.2, 0.25) is 0 Å². The highest BCUT2D eigenvalue weighted by Gasteiger charge is 2.25. The summed E-state index contributed by atoms with van der Waals surface area (Å²) in [5, 5.41) is 10.3. The van der Waals surface area contributed by atoms with E-state index < -0.39 is 6.10 Å². The Labute approximate surface area is 135 Å². The van der Waals surface area contributed by atoms with Crippen LogP contribution in [0.4, 0.5) is 0 Å². The lowest BCUT2D eigenvalue weighted by Crippen LogP contribution is -3.17. The highest BCUT2D eigenvalue weighted by Crippen LogP contribution is 2.30. The lowest BCUT2D eigenvalue weighted by Gasteiger charge is -2.31. The summed E-state index contributed by atoms with van der Waals surface area (Å²) in [4.78, 5) is 1.52. The summed E-state index contributed by atoms with van der Waals surface area (Å²) in [5.74, 6) is 0.899. The number of likely N-dealkylation sites (tertiary alicyclic amines) is 1. The monoisotopic (exact) mass is 306 g/mol. The fourth-order valence-corrected chi connectivity index (χ4v) is 3.32. The molecule has 3 atom stereocenters. The third-order valence-electron chi connectivity index (χ3n) is 4.71. The Morgan fingerprint density at radius 3 is 2.68 bits per heavy atom. The Morgan fingerprint density at radius 1 is 1.27 bits per heavy atom. The van der Waals surface area contributed by atoms with Crippen molar-refractivity contribution in [1.82, 2.24) is 0 Å². The van der Waals surface area contributed by atoms with E-state index in [0.717, 1.165) is 12.3 Å². The highest BCUT2D eigenvalue weighted by molar-refractivity contribution is 5.38. The van der Waals surface area contributed by atoms with Gasteiger partial charge in [-0.25, -0.2) is 0 Å². The van der Waals surface area contributed by atoms with Gasteiger partial charge in [0.1, 0.15) is 25.0 Å². The number of para-hydroxylation sites is 1. The molecule has 1 aliphatic heterocycles. The maximum Gasteiger partial charge on any atom is 0.137 e. The van der Waals surface area contributed by atoms with Crippen LogP contribution in [0, 0.1) is 0 Å². The summed E-state index contributed by atoms with van der Waals surface area (Å²) in [7, 11) is 0. The molecule has 1 unspecified atom stereocenters. The van der Waals surface area contributed by atoms with E-state index in [2.05, 4.69) is 33.8 Å². The fourth-order valence-electron chi connectivity index (χ4n) is 3.32. The van der Waals surface area contributed by atoms with Gasteiger partial charge in [0.15, 0.2) is 0 Å². The second-order valence-corrected chi connectivity index (χ2v) is 7.72. The Kier molecular flexibility index (Phi) is 5.87. The van der Waals surface area contributed by atoms with Crippen molar-refractivity contribution < 1.29 is 14.7 Å². The van der Waals surface area contributed by atoms with Gasteiger partial charge in [-0.15, -0.1) is 0 Å². The zero-order valence-corrected chi connectivity index (χ0v) is 14.6. The van der Waals surface area contributed by atoms with E-state index >= 15 is 0 Å². The lowest BCUT2D eigenvalue weighted by molar-refractivity contribution is -0.931. The van der Waals surface area contributed by atoms with Gasteiger partial charge in [0.25, 0.3) is 0 Å². The first-order chi connectivity index (χ1) is 10.4. The van der Waals surface area contributed by atoms with E-state index in [1.165, 1.54) is 36.3 Å². The Balaban J connectivity index is 1.90. The molecule has 1 aromatic carbocycles. The molecule has 1 heterocycles. The van der Waals surface area contributed by atoms with Crippen LogP contribution in [0.5, 0.6) is 5.75 Å². The van der Waals surface area contributed by atoms with Crippen LogP contribution in [0.25, 0.3) is 0 Å². The molecule has 3 heteroatoms. The second kappa shape index (κ2) is 7.47. The van der Waals surface area contributed by atoms with Crippen molar-refractivity contribution in [2.45, 2.75) is 64.5 Å². The topological polar surface area (TPSA) is 33.9 Å². The SMILES string of the molecule is C[C@@H]1CCCC[NH+]1C[C@H](O)COc1ccccc1C(C)(C)C. The highest BCUT2D eigenvalue weighted by atomic mass is 16.5. The minimum atomic E-state index is -0.399. The molecule has 0 spiro atoms. The molecule has 0 aromatic heterocycles. The smallest absolute Gasteiger partial charge is 0.137 e. The number of aliphatic hydroxyl groups is 1. The minimum absolute atomic E-state index is 0.0498. The van der Waals surface area contributed by atoms with E-state index in [1.54, 1.807) is 0 Å². The van der Waals surface area contributed by atoms with Crippen LogP contribution in [-0.4, -0.2) is 36.9 Å². The first kappa shape index (κ1) is 17.3. The molecule has 0 aliphatic carbocycles. The van der Waals surface area contributed by atoms with Crippen molar-refractivity contribution in [1.29, 1.82) is 0 Å². The third-order valence-corrected chi connectivity index (χ3v) is 4.71. The number of aliphatic hydroxyl groups excluding tert-OH is 1. The van der Waals surface area contributed by atoms with Crippen molar-refractivity contribution in [3.63, 3.8) is 0 Å². The van der Waals surface area contributed by atoms with E-state index in [1.807, 2.05) is 18.2 Å². The number of hydrogen-bond donors (Lipinski definition) is 2. The fraction of sp³-hybridized carbons (Fsp3) is 0.684. The lowest BCUT2D eigenvalue weighted by atomic mass is 9.86.